The second kappa shape index (κ2) is 5.41. The van der Waals surface area contributed by atoms with Crippen molar-refractivity contribution >= 4 is 11.7 Å². The van der Waals surface area contributed by atoms with Crippen molar-refractivity contribution in [3.8, 4) is 5.75 Å². The van der Waals surface area contributed by atoms with Gasteiger partial charge in [-0.25, -0.2) is 4.98 Å². The van der Waals surface area contributed by atoms with E-state index in [0.717, 1.165) is 7.05 Å². The molecule has 88 valence electrons. The van der Waals surface area contributed by atoms with Crippen LogP contribution in [0.4, 0.5) is 10.3 Å². The van der Waals surface area contributed by atoms with Crippen molar-refractivity contribution in [2.75, 3.05) is 19.0 Å². The molecule has 5 nitrogen and oxygen atoms in total. The quantitative estimate of drug-likeness (QED) is 0.578. The van der Waals surface area contributed by atoms with Crippen LogP contribution < -0.4 is 9.74 Å². The molecule has 0 spiro atoms. The Morgan fingerprint density at radius 3 is 2.81 bits per heavy atom. The molecule has 0 unspecified atom stereocenters. The van der Waals surface area contributed by atoms with Crippen LogP contribution >= 0.6 is 0 Å². The van der Waals surface area contributed by atoms with Gasteiger partial charge in [-0.2, -0.15) is 0 Å². The molecule has 0 aliphatic carbocycles. The Morgan fingerprint density at radius 1 is 1.56 bits per heavy atom. The molecule has 1 heterocycles. The number of halogens is 1. The summed E-state index contributed by atoms with van der Waals surface area (Å²) in [5.74, 6) is 0.362. The van der Waals surface area contributed by atoms with Gasteiger partial charge in [0.2, 0.25) is 5.91 Å². The van der Waals surface area contributed by atoms with Crippen molar-refractivity contribution in [3.63, 3.8) is 0 Å². The van der Waals surface area contributed by atoms with Crippen LogP contribution in [0, 0.1) is 0 Å². The molecular formula is C10H14FN3O2. The summed E-state index contributed by atoms with van der Waals surface area (Å²) >= 11 is 0. The van der Waals surface area contributed by atoms with E-state index in [4.69, 9.17) is 4.84 Å². The molecule has 0 saturated carbocycles. The predicted octanol–water partition coefficient (Wildman–Crippen LogP) is 1.56. The summed E-state index contributed by atoms with van der Waals surface area (Å²) in [6, 6.07) is 3.14. The highest BCUT2D eigenvalue weighted by Crippen LogP contribution is 2.25. The molecule has 6 heteroatoms. The zero-order chi connectivity index (χ0) is 12.1. The normalized spacial score (nSPS) is 10.3. The number of hydrogen-bond donors (Lipinski definition) is 0. The van der Waals surface area contributed by atoms with Gasteiger partial charge in [-0.3, -0.25) is 9.69 Å². The number of nitrogens with zero attached hydrogens (tertiary/aromatic N) is 3. The average molecular weight is 227 g/mol. The fourth-order valence-electron chi connectivity index (χ4n) is 1.20. The van der Waals surface area contributed by atoms with E-state index in [9.17, 15) is 9.28 Å². The van der Waals surface area contributed by atoms with Gasteiger partial charge in [0.15, 0.2) is 11.6 Å². The molecule has 0 aromatic carbocycles. The van der Waals surface area contributed by atoms with Gasteiger partial charge in [0.1, 0.15) is 0 Å². The molecule has 1 aromatic heterocycles. The van der Waals surface area contributed by atoms with E-state index in [1.165, 1.54) is 17.2 Å². The summed E-state index contributed by atoms with van der Waals surface area (Å²) < 4.78 is 12.6. The van der Waals surface area contributed by atoms with Crippen molar-refractivity contribution < 1.29 is 14.1 Å². The summed E-state index contributed by atoms with van der Waals surface area (Å²) in [4.78, 5) is 21.6. The van der Waals surface area contributed by atoms with Crippen molar-refractivity contribution in [2.45, 2.75) is 13.3 Å². The summed E-state index contributed by atoms with van der Waals surface area (Å²) in [6.45, 7) is 1.74. The number of hydrogen-bond acceptors (Lipinski definition) is 4. The molecule has 0 atom stereocenters. The number of pyridine rings is 1. The molecule has 16 heavy (non-hydrogen) atoms. The van der Waals surface area contributed by atoms with Crippen molar-refractivity contribution in [2.24, 2.45) is 0 Å². The van der Waals surface area contributed by atoms with Gasteiger partial charge in [-0.15, -0.1) is 0 Å². The smallest absolute Gasteiger partial charge is 0.227 e. The highest BCUT2D eigenvalue weighted by atomic mass is 19.2. The highest BCUT2D eigenvalue weighted by molar-refractivity contribution is 5.92. The van der Waals surface area contributed by atoms with Crippen LogP contribution in [-0.4, -0.2) is 30.3 Å². The summed E-state index contributed by atoms with van der Waals surface area (Å²) in [6.07, 6.45) is 1.86. The first-order valence-corrected chi connectivity index (χ1v) is 4.85. The lowest BCUT2D eigenvalue weighted by atomic mass is 10.3. The first-order chi connectivity index (χ1) is 7.56. The second-order valence-electron chi connectivity index (χ2n) is 3.14. The van der Waals surface area contributed by atoms with E-state index in [2.05, 4.69) is 4.98 Å². The van der Waals surface area contributed by atoms with Gasteiger partial charge < -0.3 is 4.84 Å². The zero-order valence-corrected chi connectivity index (χ0v) is 9.48. The third-order valence-electron chi connectivity index (χ3n) is 1.97. The van der Waals surface area contributed by atoms with Gasteiger partial charge >= 0.3 is 0 Å². The Bertz CT molecular complexity index is 371. The minimum atomic E-state index is -0.120. The topological polar surface area (TPSA) is 45.7 Å². The molecule has 0 aliphatic heterocycles. The molecule has 0 N–H and O–H groups in total. The van der Waals surface area contributed by atoms with E-state index in [1.807, 2.05) is 0 Å². The Labute approximate surface area is 93.3 Å². The van der Waals surface area contributed by atoms with Gasteiger partial charge in [-0.1, -0.05) is 11.4 Å². The minimum Gasteiger partial charge on any atom is -0.372 e. The van der Waals surface area contributed by atoms with Gasteiger partial charge in [0, 0.05) is 25.0 Å². The maximum absolute atomic E-state index is 12.6. The minimum absolute atomic E-state index is 0.0603. The van der Waals surface area contributed by atoms with E-state index in [-0.39, 0.29) is 16.9 Å². The monoisotopic (exact) mass is 227 g/mol. The molecular weight excluding hydrogens is 213 g/mol. The van der Waals surface area contributed by atoms with Crippen LogP contribution in [0.2, 0.25) is 0 Å². The number of hydroxylamine groups is 1. The maximum atomic E-state index is 12.6. The Balaban J connectivity index is 2.98. The SMILES string of the molecule is CCC(=O)N(C)c1ncccc1ON(C)F. The molecule has 1 rings (SSSR count). The lowest BCUT2D eigenvalue weighted by Gasteiger charge is -2.18. The fourth-order valence-corrected chi connectivity index (χ4v) is 1.20. The number of rotatable bonds is 4. The average Bonchev–Trinajstić information content (AvgIpc) is 2.27. The summed E-state index contributed by atoms with van der Waals surface area (Å²) in [5.41, 5.74) is 0. The number of anilines is 1. The third-order valence-corrected chi connectivity index (χ3v) is 1.97. The van der Waals surface area contributed by atoms with Crippen molar-refractivity contribution in [1.29, 1.82) is 0 Å². The molecule has 0 fully saturated rings. The number of carbonyl (C=O) groups is 1. The van der Waals surface area contributed by atoms with E-state index >= 15 is 0 Å². The summed E-state index contributed by atoms with van der Waals surface area (Å²) in [7, 11) is 2.68. The molecule has 0 bridgehead atoms. The zero-order valence-electron chi connectivity index (χ0n) is 9.48. The number of amides is 1. The standard InChI is InChI=1S/C10H14FN3O2/c1-4-9(15)13(2)10-8(16-14(3)11)6-5-7-12-10/h5-7H,4H2,1-3H3. The van der Waals surface area contributed by atoms with Crippen molar-refractivity contribution in [3.05, 3.63) is 18.3 Å². The molecule has 0 saturated heterocycles. The molecule has 0 aliphatic rings. The van der Waals surface area contributed by atoms with Crippen LogP contribution in [0.1, 0.15) is 13.3 Å². The van der Waals surface area contributed by atoms with E-state index in [1.54, 1.807) is 20.0 Å². The van der Waals surface area contributed by atoms with Crippen molar-refractivity contribution in [1.82, 2.24) is 10.3 Å². The van der Waals surface area contributed by atoms with Crippen LogP contribution in [0.25, 0.3) is 0 Å². The van der Waals surface area contributed by atoms with Gasteiger partial charge in [-0.05, 0) is 12.1 Å². The van der Waals surface area contributed by atoms with E-state index < -0.39 is 0 Å². The van der Waals surface area contributed by atoms with Crippen LogP contribution in [0.15, 0.2) is 18.3 Å². The first-order valence-electron chi connectivity index (χ1n) is 4.85. The van der Waals surface area contributed by atoms with Gasteiger partial charge in [0.25, 0.3) is 0 Å². The van der Waals surface area contributed by atoms with E-state index in [0.29, 0.717) is 12.2 Å². The largest absolute Gasteiger partial charge is 0.372 e. The van der Waals surface area contributed by atoms with Crippen LogP contribution in [0.5, 0.6) is 5.75 Å². The first kappa shape index (κ1) is 12.4. The molecule has 0 radical (unpaired) electrons. The molecule has 1 amide bonds. The lowest BCUT2D eigenvalue weighted by molar-refractivity contribution is -0.186. The lowest BCUT2D eigenvalue weighted by Crippen LogP contribution is -2.27. The number of aromatic nitrogens is 1. The maximum Gasteiger partial charge on any atom is 0.227 e. The second-order valence-corrected chi connectivity index (χ2v) is 3.14. The Kier molecular flexibility index (Phi) is 4.19. The summed E-state index contributed by atoms with van der Waals surface area (Å²) in [5, 5.41) is 0.0603. The predicted molar refractivity (Wildman–Crippen MR) is 57.4 cm³/mol. The Morgan fingerprint density at radius 2 is 2.25 bits per heavy atom. The van der Waals surface area contributed by atoms with Crippen LogP contribution in [-0.2, 0) is 4.79 Å². The van der Waals surface area contributed by atoms with Crippen LogP contribution in [0.3, 0.4) is 0 Å². The Hall–Kier alpha value is -1.69. The fraction of sp³-hybridized carbons (Fsp3) is 0.400. The highest BCUT2D eigenvalue weighted by Gasteiger charge is 2.16. The third kappa shape index (κ3) is 2.90. The number of carbonyl (C=O) groups excluding carboxylic acids is 1. The van der Waals surface area contributed by atoms with Gasteiger partial charge in [0.05, 0.1) is 7.05 Å². The molecule has 1 aromatic rings.